The molecule has 1 aliphatic rings. The molecule has 0 spiro atoms. The molecular weight excluding hydrogens is 244 g/mol. The summed E-state index contributed by atoms with van der Waals surface area (Å²) >= 11 is 0. The largest absolute Gasteiger partial charge is 0.454 e. The van der Waals surface area contributed by atoms with E-state index in [1.807, 2.05) is 18.2 Å². The summed E-state index contributed by atoms with van der Waals surface area (Å²) in [7, 11) is 0. The second-order valence-corrected chi connectivity index (χ2v) is 3.97. The molecule has 1 aromatic carbocycles. The molecule has 0 aromatic heterocycles. The van der Waals surface area contributed by atoms with Crippen LogP contribution in [0.4, 0.5) is 4.79 Å². The summed E-state index contributed by atoms with van der Waals surface area (Å²) in [5, 5.41) is 5.50. The fraction of sp³-hybridized carbons (Fsp3) is 0.357. The van der Waals surface area contributed by atoms with Crippen LogP contribution < -0.4 is 20.1 Å². The van der Waals surface area contributed by atoms with Gasteiger partial charge in [-0.25, -0.2) is 4.79 Å². The highest BCUT2D eigenvalue weighted by atomic mass is 16.7. The van der Waals surface area contributed by atoms with Crippen LogP contribution in [0, 0.1) is 11.8 Å². The van der Waals surface area contributed by atoms with E-state index in [1.165, 1.54) is 0 Å². The number of fused-ring (bicyclic) bond motifs is 1. The Morgan fingerprint density at radius 2 is 2.16 bits per heavy atom. The molecule has 0 radical (unpaired) electrons. The smallest absolute Gasteiger partial charge is 0.315 e. The topological polar surface area (TPSA) is 59.6 Å². The van der Waals surface area contributed by atoms with E-state index >= 15 is 0 Å². The van der Waals surface area contributed by atoms with Gasteiger partial charge >= 0.3 is 6.03 Å². The number of hydrogen-bond donors (Lipinski definition) is 2. The molecule has 0 fully saturated rings. The van der Waals surface area contributed by atoms with E-state index in [0.717, 1.165) is 17.1 Å². The van der Waals surface area contributed by atoms with Crippen LogP contribution in [0.1, 0.15) is 18.9 Å². The molecular formula is C14H16N2O3. The van der Waals surface area contributed by atoms with E-state index in [-0.39, 0.29) is 12.8 Å². The first kappa shape index (κ1) is 13.1. The minimum absolute atomic E-state index is 0.199. The summed E-state index contributed by atoms with van der Waals surface area (Å²) in [4.78, 5) is 11.5. The molecule has 1 aliphatic heterocycles. The molecule has 19 heavy (non-hydrogen) atoms. The number of rotatable bonds is 4. The summed E-state index contributed by atoms with van der Waals surface area (Å²) in [5.74, 6) is 7.12. The Hall–Kier alpha value is -2.35. The van der Waals surface area contributed by atoms with E-state index in [4.69, 9.17) is 9.47 Å². The van der Waals surface area contributed by atoms with Gasteiger partial charge in [-0.3, -0.25) is 0 Å². The second kappa shape index (κ2) is 6.55. The Labute approximate surface area is 112 Å². The average molecular weight is 260 g/mol. The van der Waals surface area contributed by atoms with Crippen LogP contribution >= 0.6 is 0 Å². The zero-order valence-corrected chi connectivity index (χ0v) is 10.8. The molecule has 0 aliphatic carbocycles. The predicted octanol–water partition coefficient (Wildman–Crippen LogP) is 1.63. The molecule has 0 saturated carbocycles. The van der Waals surface area contributed by atoms with E-state index in [9.17, 15) is 4.79 Å². The number of ether oxygens (including phenoxy) is 2. The van der Waals surface area contributed by atoms with Crippen molar-refractivity contribution in [3.8, 4) is 23.3 Å². The van der Waals surface area contributed by atoms with Crippen molar-refractivity contribution in [3.63, 3.8) is 0 Å². The third-order valence-corrected chi connectivity index (χ3v) is 2.60. The normalized spacial score (nSPS) is 11.4. The molecule has 0 unspecified atom stereocenters. The highest BCUT2D eigenvalue weighted by molar-refractivity contribution is 5.73. The maximum absolute atomic E-state index is 11.5. The van der Waals surface area contributed by atoms with Crippen molar-refractivity contribution in [2.75, 3.05) is 13.3 Å². The molecule has 2 N–H and O–H groups in total. The predicted molar refractivity (Wildman–Crippen MR) is 70.9 cm³/mol. The molecule has 100 valence electrons. The summed E-state index contributed by atoms with van der Waals surface area (Å²) in [5.41, 5.74) is 0.966. The highest BCUT2D eigenvalue weighted by Crippen LogP contribution is 2.32. The van der Waals surface area contributed by atoms with Gasteiger partial charge in [-0.1, -0.05) is 6.07 Å². The number of amides is 2. The summed E-state index contributed by atoms with van der Waals surface area (Å²) in [6, 6.07) is 5.41. The van der Waals surface area contributed by atoms with Crippen molar-refractivity contribution >= 4 is 6.03 Å². The minimum Gasteiger partial charge on any atom is -0.454 e. The van der Waals surface area contributed by atoms with Crippen molar-refractivity contribution in [2.45, 2.75) is 19.9 Å². The van der Waals surface area contributed by atoms with Gasteiger partial charge in [0.1, 0.15) is 0 Å². The van der Waals surface area contributed by atoms with Gasteiger partial charge in [-0.05, 0) is 24.6 Å². The lowest BCUT2D eigenvalue weighted by atomic mass is 10.2. The van der Waals surface area contributed by atoms with Gasteiger partial charge < -0.3 is 20.1 Å². The van der Waals surface area contributed by atoms with Crippen LogP contribution in [-0.2, 0) is 6.54 Å². The quantitative estimate of drug-likeness (QED) is 0.639. The Balaban J connectivity index is 1.75. The maximum atomic E-state index is 11.5. The van der Waals surface area contributed by atoms with Gasteiger partial charge in [0, 0.05) is 19.5 Å². The number of hydrogen-bond acceptors (Lipinski definition) is 3. The van der Waals surface area contributed by atoms with Crippen molar-refractivity contribution in [1.82, 2.24) is 10.6 Å². The van der Waals surface area contributed by atoms with Crippen LogP contribution in [0.15, 0.2) is 18.2 Å². The Morgan fingerprint density at radius 3 is 3.00 bits per heavy atom. The molecule has 0 bridgehead atoms. The van der Waals surface area contributed by atoms with E-state index in [1.54, 1.807) is 6.92 Å². The number of urea groups is 1. The SMILES string of the molecule is CC#CCCNC(=O)NCc1ccc2c(c1)OCO2. The second-order valence-electron chi connectivity index (χ2n) is 3.97. The van der Waals surface area contributed by atoms with Gasteiger partial charge in [-0.15, -0.1) is 11.8 Å². The van der Waals surface area contributed by atoms with Crippen LogP contribution in [0.25, 0.3) is 0 Å². The molecule has 2 rings (SSSR count). The van der Waals surface area contributed by atoms with Crippen LogP contribution in [0.2, 0.25) is 0 Å². The van der Waals surface area contributed by atoms with Gasteiger partial charge in [0.05, 0.1) is 0 Å². The zero-order chi connectivity index (χ0) is 13.5. The highest BCUT2D eigenvalue weighted by Gasteiger charge is 2.13. The number of nitrogens with one attached hydrogen (secondary N) is 2. The lowest BCUT2D eigenvalue weighted by Gasteiger charge is -2.07. The minimum atomic E-state index is -0.199. The average Bonchev–Trinajstić information content (AvgIpc) is 2.89. The lowest BCUT2D eigenvalue weighted by molar-refractivity contribution is 0.174. The molecule has 5 heteroatoms. The Morgan fingerprint density at radius 1 is 1.32 bits per heavy atom. The first-order valence-corrected chi connectivity index (χ1v) is 6.09. The van der Waals surface area contributed by atoms with Crippen molar-refractivity contribution in [1.29, 1.82) is 0 Å². The van der Waals surface area contributed by atoms with Gasteiger partial charge in [0.15, 0.2) is 11.5 Å². The third-order valence-electron chi connectivity index (χ3n) is 2.60. The van der Waals surface area contributed by atoms with Crippen LogP contribution in [-0.4, -0.2) is 19.4 Å². The molecule has 5 nitrogen and oxygen atoms in total. The maximum Gasteiger partial charge on any atom is 0.315 e. The van der Waals surface area contributed by atoms with Crippen molar-refractivity contribution in [3.05, 3.63) is 23.8 Å². The molecule has 0 atom stereocenters. The molecule has 0 saturated heterocycles. The number of benzene rings is 1. The summed E-state index contributed by atoms with van der Waals surface area (Å²) in [6.07, 6.45) is 0.661. The Bertz CT molecular complexity index is 517. The van der Waals surface area contributed by atoms with E-state index in [2.05, 4.69) is 22.5 Å². The first-order valence-electron chi connectivity index (χ1n) is 6.09. The molecule has 2 amide bonds. The van der Waals surface area contributed by atoms with Crippen molar-refractivity contribution in [2.24, 2.45) is 0 Å². The van der Waals surface area contributed by atoms with E-state index in [0.29, 0.717) is 19.5 Å². The first-order chi connectivity index (χ1) is 9.29. The molecule has 1 heterocycles. The fourth-order valence-electron chi connectivity index (χ4n) is 1.66. The van der Waals surface area contributed by atoms with Crippen LogP contribution in [0.3, 0.4) is 0 Å². The van der Waals surface area contributed by atoms with Gasteiger partial charge in [0.2, 0.25) is 6.79 Å². The molecule has 1 aromatic rings. The summed E-state index contributed by atoms with van der Waals surface area (Å²) in [6.45, 7) is 3.03. The van der Waals surface area contributed by atoms with Crippen molar-refractivity contribution < 1.29 is 14.3 Å². The number of carbonyl (C=O) groups excluding carboxylic acids is 1. The lowest BCUT2D eigenvalue weighted by Crippen LogP contribution is -2.35. The third kappa shape index (κ3) is 3.81. The summed E-state index contributed by atoms with van der Waals surface area (Å²) < 4.78 is 10.5. The number of carbonyl (C=O) groups is 1. The van der Waals surface area contributed by atoms with Gasteiger partial charge in [0.25, 0.3) is 0 Å². The monoisotopic (exact) mass is 260 g/mol. The van der Waals surface area contributed by atoms with Crippen LogP contribution in [0.5, 0.6) is 11.5 Å². The standard InChI is InChI=1S/C14H16N2O3/c1-2-3-4-7-15-14(17)16-9-11-5-6-12-13(8-11)19-10-18-12/h5-6,8H,4,7,9-10H2,1H3,(H2,15,16,17). The fourth-order valence-corrected chi connectivity index (χ4v) is 1.66. The Kier molecular flexibility index (Phi) is 4.51. The van der Waals surface area contributed by atoms with E-state index < -0.39 is 0 Å². The van der Waals surface area contributed by atoms with Gasteiger partial charge in [-0.2, -0.15) is 0 Å². The zero-order valence-electron chi connectivity index (χ0n) is 10.8.